The Morgan fingerprint density at radius 3 is 2.46 bits per heavy atom. The molecule has 1 aromatic carbocycles. The number of carbonyl (C=O) groups excluding carboxylic acids is 1. The molecule has 0 aliphatic carbocycles. The number of benzene rings is 1. The van der Waals surface area contributed by atoms with Gasteiger partial charge in [-0.3, -0.25) is 19.1 Å². The Labute approximate surface area is 135 Å². The SMILES string of the molecule is NS(=O)(=O)c1ccc(CNC(=O)Cn2cc(F)c(=O)[nH]c2=O)cc1. The summed E-state index contributed by atoms with van der Waals surface area (Å²) in [7, 11) is -3.79. The van der Waals surface area contributed by atoms with E-state index in [9.17, 15) is 27.2 Å². The molecule has 2 rings (SSSR count). The number of H-pyrrole nitrogens is 1. The molecule has 0 aliphatic rings. The molecule has 0 saturated carbocycles. The Balaban J connectivity index is 2.00. The third-order valence-corrected chi connectivity index (χ3v) is 3.95. The summed E-state index contributed by atoms with van der Waals surface area (Å²) >= 11 is 0. The van der Waals surface area contributed by atoms with Crippen LogP contribution in [0, 0.1) is 5.82 Å². The summed E-state index contributed by atoms with van der Waals surface area (Å²) in [5.41, 5.74) is -1.48. The Kier molecular flexibility index (Phi) is 4.95. The van der Waals surface area contributed by atoms with Crippen LogP contribution in [-0.2, 0) is 27.9 Å². The molecule has 0 fully saturated rings. The van der Waals surface area contributed by atoms with Crippen LogP contribution < -0.4 is 21.7 Å². The van der Waals surface area contributed by atoms with Gasteiger partial charge < -0.3 is 5.32 Å². The van der Waals surface area contributed by atoms with Gasteiger partial charge in [-0.15, -0.1) is 0 Å². The van der Waals surface area contributed by atoms with Gasteiger partial charge in [-0.05, 0) is 17.7 Å². The minimum atomic E-state index is -3.79. The van der Waals surface area contributed by atoms with Crippen molar-refractivity contribution < 1.29 is 17.6 Å². The van der Waals surface area contributed by atoms with E-state index < -0.39 is 39.5 Å². The number of amides is 1. The zero-order chi connectivity index (χ0) is 17.9. The summed E-state index contributed by atoms with van der Waals surface area (Å²) in [6.45, 7) is -0.424. The molecule has 4 N–H and O–H groups in total. The molecule has 0 spiro atoms. The average molecular weight is 356 g/mol. The number of hydrogen-bond acceptors (Lipinski definition) is 5. The maximum atomic E-state index is 13.1. The number of primary sulfonamides is 1. The molecule has 1 amide bonds. The fraction of sp³-hybridized carbons (Fsp3) is 0.154. The summed E-state index contributed by atoms with van der Waals surface area (Å²) in [5.74, 6) is -1.78. The van der Waals surface area contributed by atoms with Gasteiger partial charge in [-0.2, -0.15) is 4.39 Å². The van der Waals surface area contributed by atoms with E-state index >= 15 is 0 Å². The molecule has 0 unspecified atom stereocenters. The zero-order valence-corrected chi connectivity index (χ0v) is 13.0. The highest BCUT2D eigenvalue weighted by Gasteiger charge is 2.09. The van der Waals surface area contributed by atoms with Gasteiger partial charge in [0.1, 0.15) is 6.54 Å². The molecule has 0 saturated heterocycles. The second-order valence-electron chi connectivity index (χ2n) is 4.83. The molecule has 1 heterocycles. The highest BCUT2D eigenvalue weighted by atomic mass is 32.2. The average Bonchev–Trinajstić information content (AvgIpc) is 2.50. The van der Waals surface area contributed by atoms with Crippen LogP contribution in [0.15, 0.2) is 44.9 Å². The van der Waals surface area contributed by atoms with Crippen molar-refractivity contribution in [2.75, 3.05) is 0 Å². The van der Waals surface area contributed by atoms with E-state index in [0.717, 1.165) is 4.57 Å². The maximum Gasteiger partial charge on any atom is 0.328 e. The topological polar surface area (TPSA) is 144 Å². The lowest BCUT2D eigenvalue weighted by Crippen LogP contribution is -2.36. The fourth-order valence-electron chi connectivity index (χ4n) is 1.81. The minimum absolute atomic E-state index is 0.0598. The largest absolute Gasteiger partial charge is 0.350 e. The number of halogens is 1. The van der Waals surface area contributed by atoms with Gasteiger partial charge in [0.05, 0.1) is 11.1 Å². The number of aromatic amines is 1. The van der Waals surface area contributed by atoms with Crippen LogP contribution in [0.5, 0.6) is 0 Å². The number of sulfonamides is 1. The number of carbonyl (C=O) groups is 1. The first kappa shape index (κ1) is 17.6. The second kappa shape index (κ2) is 6.76. The first-order chi connectivity index (χ1) is 11.2. The summed E-state index contributed by atoms with van der Waals surface area (Å²) in [6.07, 6.45) is 0.641. The van der Waals surface area contributed by atoms with Gasteiger partial charge >= 0.3 is 5.69 Å². The highest BCUT2D eigenvalue weighted by molar-refractivity contribution is 7.89. The molecule has 0 bridgehead atoms. The van der Waals surface area contributed by atoms with Crippen LogP contribution in [-0.4, -0.2) is 23.9 Å². The first-order valence-corrected chi connectivity index (χ1v) is 8.09. The van der Waals surface area contributed by atoms with Crippen molar-refractivity contribution in [3.8, 4) is 0 Å². The van der Waals surface area contributed by atoms with Crippen LogP contribution in [0.2, 0.25) is 0 Å². The number of rotatable bonds is 5. The maximum absolute atomic E-state index is 13.1. The van der Waals surface area contributed by atoms with E-state index in [1.54, 1.807) is 4.98 Å². The molecule has 2 aromatic rings. The number of nitrogens with two attached hydrogens (primary N) is 1. The van der Waals surface area contributed by atoms with Crippen LogP contribution >= 0.6 is 0 Å². The monoisotopic (exact) mass is 356 g/mol. The minimum Gasteiger partial charge on any atom is -0.350 e. The van der Waals surface area contributed by atoms with Crippen molar-refractivity contribution in [3.05, 3.63) is 62.7 Å². The van der Waals surface area contributed by atoms with E-state index in [4.69, 9.17) is 5.14 Å². The molecule has 1 aromatic heterocycles. The molecule has 0 atom stereocenters. The van der Waals surface area contributed by atoms with E-state index in [1.807, 2.05) is 0 Å². The van der Waals surface area contributed by atoms with Crippen LogP contribution in [0.4, 0.5) is 4.39 Å². The van der Waals surface area contributed by atoms with Gasteiger partial charge in [0.25, 0.3) is 5.56 Å². The summed E-state index contributed by atoms with van der Waals surface area (Å²) in [4.78, 5) is 35.7. The lowest BCUT2D eigenvalue weighted by atomic mass is 10.2. The Hall–Kier alpha value is -2.79. The van der Waals surface area contributed by atoms with Crippen molar-refractivity contribution in [2.24, 2.45) is 5.14 Å². The number of nitrogens with one attached hydrogen (secondary N) is 2. The van der Waals surface area contributed by atoms with Gasteiger partial charge in [-0.1, -0.05) is 12.1 Å². The smallest absolute Gasteiger partial charge is 0.328 e. The predicted octanol–water partition coefficient (Wildman–Crippen LogP) is -1.36. The Morgan fingerprint density at radius 2 is 1.88 bits per heavy atom. The lowest BCUT2D eigenvalue weighted by molar-refractivity contribution is -0.121. The highest BCUT2D eigenvalue weighted by Crippen LogP contribution is 2.08. The molecular formula is C13H13FN4O5S. The third-order valence-electron chi connectivity index (χ3n) is 3.02. The van der Waals surface area contributed by atoms with E-state index in [2.05, 4.69) is 5.32 Å². The molecule has 0 radical (unpaired) electrons. The van der Waals surface area contributed by atoms with Gasteiger partial charge in [0, 0.05) is 6.54 Å². The summed E-state index contributed by atoms with van der Waals surface area (Å²) < 4.78 is 36.1. The van der Waals surface area contributed by atoms with Gasteiger partial charge in [0.15, 0.2) is 0 Å². The fourth-order valence-corrected chi connectivity index (χ4v) is 2.32. The Bertz CT molecular complexity index is 979. The molecule has 24 heavy (non-hydrogen) atoms. The molecule has 0 aliphatic heterocycles. The lowest BCUT2D eigenvalue weighted by Gasteiger charge is -2.07. The first-order valence-electron chi connectivity index (χ1n) is 6.54. The zero-order valence-electron chi connectivity index (χ0n) is 12.2. The number of aromatic nitrogens is 2. The van der Waals surface area contributed by atoms with Crippen LogP contribution in [0.25, 0.3) is 0 Å². The van der Waals surface area contributed by atoms with Crippen molar-refractivity contribution in [1.82, 2.24) is 14.9 Å². The molecule has 128 valence electrons. The normalized spacial score (nSPS) is 11.2. The standard InChI is InChI=1S/C13H13FN4O5S/c14-10-6-18(13(21)17-12(10)20)7-11(19)16-5-8-1-3-9(4-2-8)24(15,22)23/h1-4,6H,5,7H2,(H,16,19)(H2,15,22,23)(H,17,20,21). The molecule has 11 heteroatoms. The summed E-state index contributed by atoms with van der Waals surface area (Å²) in [6, 6.07) is 5.51. The van der Waals surface area contributed by atoms with Crippen molar-refractivity contribution in [2.45, 2.75) is 18.0 Å². The third kappa shape index (κ3) is 4.36. The molecule has 9 nitrogen and oxygen atoms in total. The van der Waals surface area contributed by atoms with Gasteiger partial charge in [0.2, 0.25) is 21.7 Å². The number of nitrogens with zero attached hydrogens (tertiary/aromatic N) is 1. The van der Waals surface area contributed by atoms with Crippen molar-refractivity contribution in [1.29, 1.82) is 0 Å². The van der Waals surface area contributed by atoms with E-state index in [1.165, 1.54) is 24.3 Å². The van der Waals surface area contributed by atoms with Gasteiger partial charge in [-0.25, -0.2) is 18.4 Å². The van der Waals surface area contributed by atoms with E-state index in [0.29, 0.717) is 11.8 Å². The van der Waals surface area contributed by atoms with Crippen molar-refractivity contribution in [3.63, 3.8) is 0 Å². The number of hydrogen-bond donors (Lipinski definition) is 3. The van der Waals surface area contributed by atoms with Crippen LogP contribution in [0.1, 0.15) is 5.56 Å². The van der Waals surface area contributed by atoms with Crippen molar-refractivity contribution >= 4 is 15.9 Å². The predicted molar refractivity (Wildman–Crippen MR) is 80.9 cm³/mol. The van der Waals surface area contributed by atoms with E-state index in [-0.39, 0.29) is 11.4 Å². The second-order valence-corrected chi connectivity index (χ2v) is 6.39. The Morgan fingerprint density at radius 1 is 1.25 bits per heavy atom. The molecular weight excluding hydrogens is 343 g/mol. The summed E-state index contributed by atoms with van der Waals surface area (Å²) in [5, 5.41) is 7.44. The van der Waals surface area contributed by atoms with Crippen LogP contribution in [0.3, 0.4) is 0 Å². The quantitative estimate of drug-likeness (QED) is 0.606.